The van der Waals surface area contributed by atoms with Crippen LogP contribution in [0, 0.1) is 0 Å². The van der Waals surface area contributed by atoms with Crippen LogP contribution in [0.5, 0.6) is 0 Å². The minimum absolute atomic E-state index is 0.476. The minimum atomic E-state index is 0.476. The average Bonchev–Trinajstić information content (AvgIpc) is 2.78. The number of hydrogen-bond donors (Lipinski definition) is 2. The van der Waals surface area contributed by atoms with Gasteiger partial charge < -0.3 is 10.7 Å². The van der Waals surface area contributed by atoms with Crippen LogP contribution in [0.4, 0.5) is 0 Å². The molecule has 0 saturated heterocycles. The highest BCUT2D eigenvalue weighted by atomic mass is 14.9. The Hall–Kier alpha value is -1.61. The first-order chi connectivity index (χ1) is 7.70. The van der Waals surface area contributed by atoms with E-state index in [4.69, 9.17) is 5.73 Å². The van der Waals surface area contributed by atoms with E-state index in [0.29, 0.717) is 12.5 Å². The monoisotopic (exact) mass is 215 g/mol. The minimum Gasteiger partial charge on any atom is -0.342 e. The second-order valence-electron chi connectivity index (χ2n) is 4.24. The maximum Gasteiger partial charge on any atom is 0.137 e. The molecule has 0 amide bonds. The van der Waals surface area contributed by atoms with Gasteiger partial charge in [0.1, 0.15) is 5.82 Å². The second-order valence-corrected chi connectivity index (χ2v) is 4.24. The lowest BCUT2D eigenvalue weighted by atomic mass is 10.1. The number of H-pyrrole nitrogens is 1. The molecular weight excluding hydrogens is 198 g/mol. The van der Waals surface area contributed by atoms with Crippen molar-refractivity contribution >= 4 is 0 Å². The predicted octanol–water partition coefficient (Wildman–Crippen LogP) is 2.66. The number of aromatic nitrogens is 2. The molecule has 0 unspecified atom stereocenters. The number of nitrogens with two attached hydrogens (primary N) is 1. The van der Waals surface area contributed by atoms with Crippen LogP contribution in [-0.2, 0) is 6.54 Å². The zero-order valence-corrected chi connectivity index (χ0v) is 9.70. The molecule has 2 aromatic rings. The van der Waals surface area contributed by atoms with E-state index in [0.717, 1.165) is 22.6 Å². The summed E-state index contributed by atoms with van der Waals surface area (Å²) in [4.78, 5) is 7.70. The molecule has 0 aliphatic heterocycles. The molecule has 3 heteroatoms. The lowest BCUT2D eigenvalue weighted by Gasteiger charge is -2.01. The summed E-state index contributed by atoms with van der Waals surface area (Å²) in [6, 6.07) is 8.16. The van der Waals surface area contributed by atoms with E-state index in [1.54, 1.807) is 0 Å². The summed E-state index contributed by atoms with van der Waals surface area (Å²) in [5, 5.41) is 0. The molecule has 16 heavy (non-hydrogen) atoms. The van der Waals surface area contributed by atoms with Gasteiger partial charge in [0.15, 0.2) is 0 Å². The van der Waals surface area contributed by atoms with Crippen molar-refractivity contribution in [2.75, 3.05) is 0 Å². The number of aromatic amines is 1. The fourth-order valence-electron chi connectivity index (χ4n) is 1.57. The van der Waals surface area contributed by atoms with Gasteiger partial charge in [-0.05, 0) is 11.5 Å². The summed E-state index contributed by atoms with van der Waals surface area (Å²) in [7, 11) is 0. The summed E-state index contributed by atoms with van der Waals surface area (Å²) < 4.78 is 0. The van der Waals surface area contributed by atoms with Gasteiger partial charge in [-0.25, -0.2) is 4.98 Å². The highest BCUT2D eigenvalue weighted by Crippen LogP contribution is 2.19. The van der Waals surface area contributed by atoms with Crippen molar-refractivity contribution in [2.24, 2.45) is 5.73 Å². The van der Waals surface area contributed by atoms with Crippen LogP contribution < -0.4 is 5.73 Å². The Morgan fingerprint density at radius 1 is 1.25 bits per heavy atom. The third-order valence-electron chi connectivity index (χ3n) is 2.68. The quantitative estimate of drug-likeness (QED) is 0.827. The van der Waals surface area contributed by atoms with Crippen LogP contribution >= 0.6 is 0 Å². The zero-order chi connectivity index (χ0) is 11.5. The third-order valence-corrected chi connectivity index (χ3v) is 2.68. The van der Waals surface area contributed by atoms with Crippen molar-refractivity contribution in [1.82, 2.24) is 9.97 Å². The summed E-state index contributed by atoms with van der Waals surface area (Å²) in [5.41, 5.74) is 8.96. The SMILES string of the molecule is CC(C)c1cnc(-c2ccc(CN)cc2)[nH]1. The molecule has 3 nitrogen and oxygen atoms in total. The molecule has 84 valence electrons. The normalized spacial score (nSPS) is 11.0. The maximum atomic E-state index is 5.56. The van der Waals surface area contributed by atoms with Crippen molar-refractivity contribution in [3.63, 3.8) is 0 Å². The van der Waals surface area contributed by atoms with E-state index in [-0.39, 0.29) is 0 Å². The van der Waals surface area contributed by atoms with E-state index in [9.17, 15) is 0 Å². The molecule has 1 aromatic carbocycles. The molecule has 0 aliphatic carbocycles. The van der Waals surface area contributed by atoms with E-state index >= 15 is 0 Å². The van der Waals surface area contributed by atoms with Gasteiger partial charge in [-0.1, -0.05) is 38.1 Å². The molecule has 0 saturated carbocycles. The van der Waals surface area contributed by atoms with Crippen molar-refractivity contribution in [3.05, 3.63) is 41.7 Å². The molecular formula is C13H17N3. The number of imidazole rings is 1. The lowest BCUT2D eigenvalue weighted by molar-refractivity contribution is 0.833. The number of rotatable bonds is 3. The highest BCUT2D eigenvalue weighted by Gasteiger charge is 2.05. The smallest absolute Gasteiger partial charge is 0.137 e. The van der Waals surface area contributed by atoms with Crippen molar-refractivity contribution in [3.8, 4) is 11.4 Å². The highest BCUT2D eigenvalue weighted by molar-refractivity contribution is 5.55. The zero-order valence-electron chi connectivity index (χ0n) is 9.70. The van der Waals surface area contributed by atoms with Gasteiger partial charge in [0.2, 0.25) is 0 Å². The van der Waals surface area contributed by atoms with E-state index in [1.807, 2.05) is 30.5 Å². The Bertz CT molecular complexity index is 454. The van der Waals surface area contributed by atoms with Gasteiger partial charge in [-0.3, -0.25) is 0 Å². The first-order valence-electron chi connectivity index (χ1n) is 5.55. The standard InChI is InChI=1S/C13H17N3/c1-9(2)12-8-15-13(16-12)11-5-3-10(7-14)4-6-11/h3-6,8-9H,7,14H2,1-2H3,(H,15,16). The third kappa shape index (κ3) is 2.14. The summed E-state index contributed by atoms with van der Waals surface area (Å²) >= 11 is 0. The number of nitrogens with zero attached hydrogens (tertiary/aromatic N) is 1. The Balaban J connectivity index is 2.28. The Morgan fingerprint density at radius 3 is 2.44 bits per heavy atom. The van der Waals surface area contributed by atoms with E-state index in [1.165, 1.54) is 0 Å². The molecule has 0 bridgehead atoms. The molecule has 3 N–H and O–H groups in total. The number of benzene rings is 1. The molecule has 0 spiro atoms. The first kappa shape index (κ1) is 10.9. The summed E-state index contributed by atoms with van der Waals surface area (Å²) in [6.45, 7) is 4.87. The van der Waals surface area contributed by atoms with Crippen LogP contribution in [0.2, 0.25) is 0 Å². The van der Waals surface area contributed by atoms with Gasteiger partial charge in [-0.15, -0.1) is 0 Å². The van der Waals surface area contributed by atoms with Gasteiger partial charge in [-0.2, -0.15) is 0 Å². The van der Waals surface area contributed by atoms with Gasteiger partial charge in [0.05, 0.1) is 0 Å². The van der Waals surface area contributed by atoms with Gasteiger partial charge in [0, 0.05) is 24.0 Å². The van der Waals surface area contributed by atoms with Crippen LogP contribution in [0.3, 0.4) is 0 Å². The Morgan fingerprint density at radius 2 is 1.94 bits per heavy atom. The molecule has 1 aromatic heterocycles. The number of nitrogens with one attached hydrogen (secondary N) is 1. The molecule has 0 atom stereocenters. The molecule has 0 aliphatic rings. The molecule has 1 heterocycles. The molecule has 0 fully saturated rings. The van der Waals surface area contributed by atoms with E-state index < -0.39 is 0 Å². The van der Waals surface area contributed by atoms with Crippen molar-refractivity contribution in [1.29, 1.82) is 0 Å². The van der Waals surface area contributed by atoms with Crippen LogP contribution in [0.1, 0.15) is 31.0 Å². The first-order valence-corrected chi connectivity index (χ1v) is 5.55. The van der Waals surface area contributed by atoms with Crippen LogP contribution in [0.15, 0.2) is 30.5 Å². The number of hydrogen-bond acceptors (Lipinski definition) is 2. The molecule has 0 radical (unpaired) electrons. The summed E-state index contributed by atoms with van der Waals surface area (Å²) in [6.07, 6.45) is 1.90. The van der Waals surface area contributed by atoms with Gasteiger partial charge >= 0.3 is 0 Å². The molecule has 2 rings (SSSR count). The van der Waals surface area contributed by atoms with Crippen molar-refractivity contribution in [2.45, 2.75) is 26.3 Å². The van der Waals surface area contributed by atoms with E-state index in [2.05, 4.69) is 23.8 Å². The largest absolute Gasteiger partial charge is 0.342 e. The van der Waals surface area contributed by atoms with Crippen molar-refractivity contribution < 1.29 is 0 Å². The second kappa shape index (κ2) is 4.49. The van der Waals surface area contributed by atoms with Gasteiger partial charge in [0.25, 0.3) is 0 Å². The average molecular weight is 215 g/mol. The Kier molecular flexibility index (Phi) is 3.06. The predicted molar refractivity (Wildman–Crippen MR) is 66.0 cm³/mol. The summed E-state index contributed by atoms with van der Waals surface area (Å²) in [5.74, 6) is 1.40. The topological polar surface area (TPSA) is 54.7 Å². The van der Waals surface area contributed by atoms with Crippen LogP contribution in [0.25, 0.3) is 11.4 Å². The maximum absolute atomic E-state index is 5.56. The van der Waals surface area contributed by atoms with Crippen LogP contribution in [-0.4, -0.2) is 9.97 Å². The lowest BCUT2D eigenvalue weighted by Crippen LogP contribution is -1.95. The fraction of sp³-hybridized carbons (Fsp3) is 0.308. The Labute approximate surface area is 95.7 Å². The fourth-order valence-corrected chi connectivity index (χ4v) is 1.57.